The third-order valence-electron chi connectivity index (χ3n) is 4.45. The standard InChI is InChI=1S/C15H24N6O2/c1-2-17-14(16)19-11-9-18-21(10-11)12-3-7-20(8-4-12)13(22)15(23)5-6-15/h9-10,12,23H,2-8H2,1H3,(H3,16,17,19). The van der Waals surface area contributed by atoms with Crippen molar-refractivity contribution < 1.29 is 9.90 Å². The molecule has 4 N–H and O–H groups in total. The summed E-state index contributed by atoms with van der Waals surface area (Å²) in [4.78, 5) is 18.0. The van der Waals surface area contributed by atoms with Gasteiger partial charge in [-0.3, -0.25) is 14.5 Å². The average molecular weight is 320 g/mol. The van der Waals surface area contributed by atoms with Gasteiger partial charge in [0.2, 0.25) is 0 Å². The average Bonchev–Trinajstić information content (AvgIpc) is 3.13. The fraction of sp³-hybridized carbons (Fsp3) is 0.667. The van der Waals surface area contributed by atoms with Crippen LogP contribution in [0, 0.1) is 0 Å². The lowest BCUT2D eigenvalue weighted by Crippen LogP contribution is -2.45. The lowest BCUT2D eigenvalue weighted by atomic mass is 10.0. The van der Waals surface area contributed by atoms with Crippen molar-refractivity contribution in [3.8, 4) is 0 Å². The van der Waals surface area contributed by atoms with Gasteiger partial charge in [0, 0.05) is 25.8 Å². The van der Waals surface area contributed by atoms with E-state index in [-0.39, 0.29) is 11.9 Å². The van der Waals surface area contributed by atoms with Crippen molar-refractivity contribution in [2.75, 3.05) is 25.0 Å². The lowest BCUT2D eigenvalue weighted by molar-refractivity contribution is -0.143. The summed E-state index contributed by atoms with van der Waals surface area (Å²) in [5.41, 5.74) is 5.48. The minimum absolute atomic E-state index is 0.109. The monoisotopic (exact) mass is 320 g/mol. The zero-order valence-corrected chi connectivity index (χ0v) is 13.4. The molecule has 2 aliphatic rings. The molecule has 0 unspecified atom stereocenters. The molecule has 1 aromatic heterocycles. The Labute approximate surface area is 135 Å². The predicted molar refractivity (Wildman–Crippen MR) is 87.0 cm³/mol. The Kier molecular flexibility index (Phi) is 4.25. The van der Waals surface area contributed by atoms with E-state index in [1.54, 1.807) is 11.1 Å². The second-order valence-corrected chi connectivity index (χ2v) is 6.25. The maximum absolute atomic E-state index is 12.1. The summed E-state index contributed by atoms with van der Waals surface area (Å²) < 4.78 is 1.91. The second-order valence-electron chi connectivity index (χ2n) is 6.25. The SMILES string of the molecule is CCN=C(N)Nc1cnn(C2CCN(C(=O)C3(O)CC3)CC2)c1. The molecule has 1 amide bonds. The van der Waals surface area contributed by atoms with Gasteiger partial charge in [-0.05, 0) is 32.6 Å². The van der Waals surface area contributed by atoms with Crippen LogP contribution in [0.5, 0.6) is 0 Å². The summed E-state index contributed by atoms with van der Waals surface area (Å²) in [5.74, 6) is 0.271. The first-order valence-electron chi connectivity index (χ1n) is 8.14. The lowest BCUT2D eigenvalue weighted by Gasteiger charge is -2.33. The number of likely N-dealkylation sites (tertiary alicyclic amines) is 1. The highest BCUT2D eigenvalue weighted by atomic mass is 16.3. The van der Waals surface area contributed by atoms with Gasteiger partial charge in [-0.15, -0.1) is 0 Å². The van der Waals surface area contributed by atoms with Gasteiger partial charge in [-0.1, -0.05) is 0 Å². The van der Waals surface area contributed by atoms with E-state index in [9.17, 15) is 9.90 Å². The number of rotatable bonds is 4. The van der Waals surface area contributed by atoms with E-state index >= 15 is 0 Å². The maximum atomic E-state index is 12.1. The summed E-state index contributed by atoms with van der Waals surface area (Å²) in [7, 11) is 0. The number of anilines is 1. The highest BCUT2D eigenvalue weighted by molar-refractivity contribution is 5.91. The number of nitrogens with two attached hydrogens (primary N) is 1. The van der Waals surface area contributed by atoms with Crippen LogP contribution < -0.4 is 11.1 Å². The highest BCUT2D eigenvalue weighted by Gasteiger charge is 2.50. The Bertz CT molecular complexity index is 599. The first kappa shape index (κ1) is 15.8. The molecule has 1 aliphatic heterocycles. The van der Waals surface area contributed by atoms with Crippen LogP contribution in [0.4, 0.5) is 5.69 Å². The zero-order chi connectivity index (χ0) is 16.4. The van der Waals surface area contributed by atoms with Crippen molar-refractivity contribution in [3.63, 3.8) is 0 Å². The van der Waals surface area contributed by atoms with Crippen LogP contribution in [-0.2, 0) is 4.79 Å². The third kappa shape index (κ3) is 3.47. The van der Waals surface area contributed by atoms with E-state index < -0.39 is 5.60 Å². The number of guanidine groups is 1. The van der Waals surface area contributed by atoms with Gasteiger partial charge >= 0.3 is 0 Å². The van der Waals surface area contributed by atoms with Gasteiger partial charge in [0.25, 0.3) is 5.91 Å². The van der Waals surface area contributed by atoms with Crippen LogP contribution in [0.1, 0.15) is 38.6 Å². The van der Waals surface area contributed by atoms with Crippen molar-refractivity contribution in [3.05, 3.63) is 12.4 Å². The maximum Gasteiger partial charge on any atom is 0.254 e. The zero-order valence-electron chi connectivity index (χ0n) is 13.4. The molecule has 3 rings (SSSR count). The van der Waals surface area contributed by atoms with Crippen LogP contribution in [0.25, 0.3) is 0 Å². The number of carbonyl (C=O) groups excluding carboxylic acids is 1. The molecule has 1 saturated heterocycles. The molecule has 1 aromatic rings. The molecule has 126 valence electrons. The Hall–Kier alpha value is -2.09. The Morgan fingerprint density at radius 1 is 1.52 bits per heavy atom. The van der Waals surface area contributed by atoms with Crippen molar-refractivity contribution in [1.82, 2.24) is 14.7 Å². The number of aliphatic imine (C=N–C) groups is 1. The molecular weight excluding hydrogens is 296 g/mol. The van der Waals surface area contributed by atoms with Crippen LogP contribution in [-0.4, -0.2) is 56.9 Å². The quantitative estimate of drug-likeness (QED) is 0.547. The molecule has 8 heteroatoms. The van der Waals surface area contributed by atoms with E-state index in [4.69, 9.17) is 5.73 Å². The topological polar surface area (TPSA) is 109 Å². The fourth-order valence-electron chi connectivity index (χ4n) is 2.92. The third-order valence-corrected chi connectivity index (χ3v) is 4.45. The molecule has 2 fully saturated rings. The van der Waals surface area contributed by atoms with Gasteiger partial charge in [0.15, 0.2) is 5.96 Å². The molecule has 0 bridgehead atoms. The summed E-state index contributed by atoms with van der Waals surface area (Å²) in [6.45, 7) is 3.87. The van der Waals surface area contributed by atoms with Crippen molar-refractivity contribution >= 4 is 17.6 Å². The number of aliphatic hydroxyl groups is 1. The summed E-state index contributed by atoms with van der Waals surface area (Å²) in [5, 5.41) is 17.3. The molecule has 0 spiro atoms. The highest BCUT2D eigenvalue weighted by Crippen LogP contribution is 2.38. The van der Waals surface area contributed by atoms with E-state index in [0.29, 0.717) is 38.4 Å². The van der Waals surface area contributed by atoms with Gasteiger partial charge in [-0.25, -0.2) is 0 Å². The molecule has 0 aromatic carbocycles. The van der Waals surface area contributed by atoms with E-state index in [0.717, 1.165) is 18.5 Å². The minimum Gasteiger partial charge on any atom is -0.380 e. The van der Waals surface area contributed by atoms with Gasteiger partial charge < -0.3 is 21.1 Å². The number of piperidine rings is 1. The van der Waals surface area contributed by atoms with E-state index in [1.165, 1.54) is 0 Å². The number of hydrogen-bond acceptors (Lipinski definition) is 4. The summed E-state index contributed by atoms with van der Waals surface area (Å²) >= 11 is 0. The summed E-state index contributed by atoms with van der Waals surface area (Å²) in [6, 6.07) is 0.257. The largest absolute Gasteiger partial charge is 0.380 e. The normalized spacial score (nSPS) is 21.3. The molecule has 0 radical (unpaired) electrons. The van der Waals surface area contributed by atoms with Crippen molar-refractivity contribution in [1.29, 1.82) is 0 Å². The van der Waals surface area contributed by atoms with E-state index in [2.05, 4.69) is 15.4 Å². The molecule has 23 heavy (non-hydrogen) atoms. The molecule has 8 nitrogen and oxygen atoms in total. The summed E-state index contributed by atoms with van der Waals surface area (Å²) in [6.07, 6.45) is 6.50. The number of nitrogens with one attached hydrogen (secondary N) is 1. The Morgan fingerprint density at radius 3 is 2.83 bits per heavy atom. The van der Waals surface area contributed by atoms with Gasteiger partial charge in [0.1, 0.15) is 5.60 Å². The van der Waals surface area contributed by atoms with Crippen molar-refractivity contribution in [2.24, 2.45) is 10.7 Å². The molecule has 1 aliphatic carbocycles. The van der Waals surface area contributed by atoms with Crippen LogP contribution in [0.3, 0.4) is 0 Å². The molecule has 1 saturated carbocycles. The van der Waals surface area contributed by atoms with Crippen LogP contribution in [0.15, 0.2) is 17.4 Å². The van der Waals surface area contributed by atoms with Crippen molar-refractivity contribution in [2.45, 2.75) is 44.2 Å². The first-order chi connectivity index (χ1) is 11.0. The number of aromatic nitrogens is 2. The smallest absolute Gasteiger partial charge is 0.254 e. The predicted octanol–water partition coefficient (Wildman–Crippen LogP) is 0.318. The molecule has 0 atom stereocenters. The van der Waals surface area contributed by atoms with Crippen LogP contribution >= 0.6 is 0 Å². The van der Waals surface area contributed by atoms with E-state index in [1.807, 2.05) is 17.8 Å². The van der Waals surface area contributed by atoms with Gasteiger partial charge in [-0.2, -0.15) is 5.10 Å². The van der Waals surface area contributed by atoms with Crippen LogP contribution in [0.2, 0.25) is 0 Å². The number of nitrogens with zero attached hydrogens (tertiary/aromatic N) is 4. The van der Waals surface area contributed by atoms with Gasteiger partial charge in [0.05, 0.1) is 17.9 Å². The molecular formula is C15H24N6O2. The Morgan fingerprint density at radius 2 is 2.22 bits per heavy atom. The number of amides is 1. The second kappa shape index (κ2) is 6.19. The Balaban J connectivity index is 1.55. The first-order valence-corrected chi connectivity index (χ1v) is 8.14. The number of carbonyl (C=O) groups is 1. The number of hydrogen-bond donors (Lipinski definition) is 3. The fourth-order valence-corrected chi connectivity index (χ4v) is 2.92. The molecule has 2 heterocycles. The minimum atomic E-state index is -1.06.